The van der Waals surface area contributed by atoms with Crippen LogP contribution in [0, 0.1) is 13.8 Å². The van der Waals surface area contributed by atoms with Gasteiger partial charge in [0.05, 0.1) is 10.7 Å². The zero-order chi connectivity index (χ0) is 27.4. The third-order valence-electron chi connectivity index (χ3n) is 6.78. The number of amides is 1. The summed E-state index contributed by atoms with van der Waals surface area (Å²) in [6.45, 7) is 8.44. The Hall–Kier alpha value is -3.21. The quantitative estimate of drug-likeness (QED) is 0.377. The highest BCUT2D eigenvalue weighted by Gasteiger charge is 2.35. The number of carbonyl (C=O) groups excluding carboxylic acids is 1. The van der Waals surface area contributed by atoms with Gasteiger partial charge in [-0.05, 0) is 43.9 Å². The summed E-state index contributed by atoms with van der Waals surface area (Å²) in [5, 5.41) is 10.9. The molecule has 2 aliphatic heterocycles. The number of hydrogen-bond donors (Lipinski definition) is 0. The molecule has 0 N–H and O–H groups in total. The highest BCUT2D eigenvalue weighted by atomic mass is 32.1. The van der Waals surface area contributed by atoms with Crippen LogP contribution in [0.1, 0.15) is 78.3 Å². The normalized spacial score (nSPS) is 18.0. The topological polar surface area (TPSA) is 72.6 Å². The molecule has 3 aromatic rings. The zero-order valence-electron chi connectivity index (χ0n) is 22.0. The molecule has 2 aromatic heterocycles. The number of piperidine rings is 1. The zero-order valence-corrected chi connectivity index (χ0v) is 22.8. The van der Waals surface area contributed by atoms with E-state index in [1.54, 1.807) is 16.2 Å². The predicted octanol–water partition coefficient (Wildman–Crippen LogP) is 6.27. The van der Waals surface area contributed by atoms with Crippen molar-refractivity contribution in [2.24, 2.45) is 5.16 Å². The van der Waals surface area contributed by atoms with Crippen molar-refractivity contribution in [3.05, 3.63) is 68.9 Å². The molecular weight excluding hydrogens is 515 g/mol. The monoisotopic (exact) mass is 547 g/mol. The van der Waals surface area contributed by atoms with Crippen molar-refractivity contribution in [2.45, 2.75) is 71.7 Å². The van der Waals surface area contributed by atoms with Crippen molar-refractivity contribution in [1.82, 2.24) is 19.7 Å². The van der Waals surface area contributed by atoms with Gasteiger partial charge in [0, 0.05) is 36.5 Å². The Labute approximate surface area is 224 Å². The number of likely N-dealkylation sites (tertiary alicyclic amines) is 1. The number of alkyl halides is 3. The molecule has 11 heteroatoms. The van der Waals surface area contributed by atoms with E-state index in [2.05, 4.69) is 29.3 Å². The van der Waals surface area contributed by atoms with Gasteiger partial charge < -0.3 is 9.74 Å². The fourth-order valence-corrected chi connectivity index (χ4v) is 5.66. The van der Waals surface area contributed by atoms with Gasteiger partial charge in [-0.15, -0.1) is 11.3 Å². The lowest BCUT2D eigenvalue weighted by Crippen LogP contribution is -2.40. The molecule has 0 spiro atoms. The minimum atomic E-state index is -4.53. The molecule has 2 aliphatic rings. The smallest absolute Gasteiger partial charge is 0.387 e. The Kier molecular flexibility index (Phi) is 8.54. The van der Waals surface area contributed by atoms with Gasteiger partial charge in [0.15, 0.2) is 11.8 Å². The van der Waals surface area contributed by atoms with Gasteiger partial charge in [-0.2, -0.15) is 18.3 Å². The Morgan fingerprint density at radius 1 is 1.16 bits per heavy atom. The van der Waals surface area contributed by atoms with Gasteiger partial charge in [0.25, 0.3) is 0 Å². The van der Waals surface area contributed by atoms with Crippen LogP contribution in [-0.2, 0) is 22.4 Å². The molecule has 7 nitrogen and oxygen atoms in total. The minimum Gasteiger partial charge on any atom is -0.387 e. The van der Waals surface area contributed by atoms with Crippen LogP contribution in [0.3, 0.4) is 0 Å². The fourth-order valence-electron chi connectivity index (χ4n) is 4.66. The number of aromatic nitrogens is 3. The summed E-state index contributed by atoms with van der Waals surface area (Å²) in [7, 11) is 0. The molecule has 1 atom stereocenters. The number of nitrogens with zero attached hydrogens (tertiary/aromatic N) is 5. The van der Waals surface area contributed by atoms with Crippen LogP contribution in [0.2, 0.25) is 0 Å². The van der Waals surface area contributed by atoms with E-state index in [0.29, 0.717) is 25.2 Å². The third kappa shape index (κ3) is 6.09. The highest BCUT2D eigenvalue weighted by molar-refractivity contribution is 7.10. The summed E-state index contributed by atoms with van der Waals surface area (Å²) in [4.78, 5) is 24.9. The summed E-state index contributed by atoms with van der Waals surface area (Å²) >= 11 is 1.59. The van der Waals surface area contributed by atoms with Crippen molar-refractivity contribution in [3.8, 4) is 0 Å². The lowest BCUT2D eigenvalue weighted by Gasteiger charge is -2.31. The number of thiazole rings is 1. The summed E-state index contributed by atoms with van der Waals surface area (Å²) in [5.74, 6) is -0.000864. The van der Waals surface area contributed by atoms with E-state index in [4.69, 9.17) is 9.82 Å². The van der Waals surface area contributed by atoms with Crippen LogP contribution in [0.15, 0.2) is 40.9 Å². The lowest BCUT2D eigenvalue weighted by molar-refractivity contribution is -0.142. The molecule has 0 saturated carbocycles. The maximum absolute atomic E-state index is 12.9. The molecule has 1 aromatic carbocycles. The minimum absolute atomic E-state index is 0.105. The van der Waals surface area contributed by atoms with Crippen LogP contribution in [0.25, 0.3) is 0 Å². The molecule has 1 saturated heterocycles. The first-order chi connectivity index (χ1) is 18.2. The average Bonchev–Trinajstić information content (AvgIpc) is 3.66. The number of aryl methyl sites for hydroxylation is 2. The summed E-state index contributed by atoms with van der Waals surface area (Å²) in [6, 6.07) is 9.08. The van der Waals surface area contributed by atoms with Gasteiger partial charge in [-0.25, -0.2) is 4.98 Å². The van der Waals surface area contributed by atoms with Crippen molar-refractivity contribution < 1.29 is 22.8 Å². The van der Waals surface area contributed by atoms with Crippen molar-refractivity contribution in [1.29, 1.82) is 0 Å². The van der Waals surface area contributed by atoms with Crippen LogP contribution in [0.4, 0.5) is 13.2 Å². The summed E-state index contributed by atoms with van der Waals surface area (Å²) < 4.78 is 39.8. The van der Waals surface area contributed by atoms with Gasteiger partial charge in [-0.3, -0.25) is 9.48 Å². The van der Waals surface area contributed by atoms with Gasteiger partial charge in [0.1, 0.15) is 12.3 Å². The van der Waals surface area contributed by atoms with E-state index in [9.17, 15) is 18.0 Å². The second kappa shape index (κ2) is 11.7. The summed E-state index contributed by atoms with van der Waals surface area (Å²) in [5.41, 5.74) is 3.30. The molecule has 0 radical (unpaired) electrons. The average molecular weight is 548 g/mol. The Bertz CT molecular complexity index is 1290. The molecule has 4 heterocycles. The van der Waals surface area contributed by atoms with Crippen LogP contribution >= 0.6 is 11.3 Å². The van der Waals surface area contributed by atoms with E-state index in [1.165, 1.54) is 12.5 Å². The predicted molar refractivity (Wildman–Crippen MR) is 140 cm³/mol. The summed E-state index contributed by atoms with van der Waals surface area (Å²) in [6.07, 6.45) is -2.46. The maximum atomic E-state index is 12.9. The van der Waals surface area contributed by atoms with Crippen LogP contribution in [0.5, 0.6) is 0 Å². The SMILES string of the molecule is CC.Cc1ccccc1C1CC(c2csc(C3CCN(C(=O)Cn4nc(C(F)(F)F)cc4C)CC3)n2)=NO1. The first-order valence-electron chi connectivity index (χ1n) is 12.8. The Balaban J connectivity index is 0.00000164. The van der Waals surface area contributed by atoms with Gasteiger partial charge >= 0.3 is 6.18 Å². The molecular formula is C27H32F3N5O2S. The molecule has 5 rings (SSSR count). The van der Waals surface area contributed by atoms with E-state index in [-0.39, 0.29) is 24.5 Å². The molecule has 1 fully saturated rings. The Morgan fingerprint density at radius 3 is 2.53 bits per heavy atom. The standard InChI is InChI=1S/C25H26F3N5O2S.C2H6/c1-15-5-3-4-6-18(15)21-12-19(31-35-21)20-14-36-24(29-20)17-7-9-32(10-8-17)23(34)13-33-16(2)11-22(30-33)25(26,27)28;1-2/h3-6,11,14,17,21H,7-10,12-13H2,1-2H3;1-2H3. The molecule has 38 heavy (non-hydrogen) atoms. The third-order valence-corrected chi connectivity index (χ3v) is 7.78. The van der Waals surface area contributed by atoms with E-state index < -0.39 is 11.9 Å². The number of halogens is 3. The Morgan fingerprint density at radius 2 is 1.87 bits per heavy atom. The second-order valence-electron chi connectivity index (χ2n) is 9.25. The number of oxime groups is 1. The molecule has 0 aliphatic carbocycles. The molecule has 1 amide bonds. The number of hydrogen-bond acceptors (Lipinski definition) is 6. The van der Waals surface area contributed by atoms with Crippen molar-refractivity contribution in [3.63, 3.8) is 0 Å². The van der Waals surface area contributed by atoms with Gasteiger partial charge in [0.2, 0.25) is 5.91 Å². The number of benzene rings is 1. The fraction of sp³-hybridized carbons (Fsp3) is 0.481. The van der Waals surface area contributed by atoms with E-state index in [1.807, 2.05) is 31.4 Å². The molecule has 1 unspecified atom stereocenters. The highest BCUT2D eigenvalue weighted by Crippen LogP contribution is 2.34. The lowest BCUT2D eigenvalue weighted by atomic mass is 9.97. The molecule has 204 valence electrons. The van der Waals surface area contributed by atoms with Gasteiger partial charge in [-0.1, -0.05) is 43.3 Å². The molecule has 0 bridgehead atoms. The number of carbonyl (C=O) groups is 1. The first kappa shape index (κ1) is 27.8. The van der Waals surface area contributed by atoms with Crippen LogP contribution in [-0.4, -0.2) is 44.4 Å². The first-order valence-corrected chi connectivity index (χ1v) is 13.7. The second-order valence-corrected chi connectivity index (χ2v) is 10.1. The maximum Gasteiger partial charge on any atom is 0.435 e. The van der Waals surface area contributed by atoms with Crippen molar-refractivity contribution in [2.75, 3.05) is 13.1 Å². The number of rotatable bonds is 5. The van der Waals surface area contributed by atoms with E-state index in [0.717, 1.165) is 45.6 Å². The van der Waals surface area contributed by atoms with Crippen LogP contribution < -0.4 is 0 Å². The van der Waals surface area contributed by atoms with Crippen molar-refractivity contribution >= 4 is 23.0 Å². The largest absolute Gasteiger partial charge is 0.435 e. The van der Waals surface area contributed by atoms with E-state index >= 15 is 0 Å².